The molecule has 0 radical (unpaired) electrons. The third kappa shape index (κ3) is 4.78. The molecule has 4 N–H and O–H groups in total. The quantitative estimate of drug-likeness (QED) is 0.437. The Labute approximate surface area is 82.2 Å². The molecule has 1 unspecified atom stereocenters. The number of nitrogens with two attached hydrogens (primary N) is 1. The van der Waals surface area contributed by atoms with Crippen molar-refractivity contribution in [1.29, 1.82) is 0 Å². The average molecular weight is 204 g/mol. The summed E-state index contributed by atoms with van der Waals surface area (Å²) < 4.78 is 0. The van der Waals surface area contributed by atoms with E-state index in [0.29, 0.717) is 6.42 Å². The van der Waals surface area contributed by atoms with E-state index in [2.05, 4.69) is 0 Å². The molecule has 0 saturated heterocycles. The molecule has 0 bridgehead atoms. The van der Waals surface area contributed by atoms with Gasteiger partial charge in [-0.25, -0.2) is 0 Å². The Morgan fingerprint density at radius 3 is 2.14 bits per heavy atom. The molecular formula is C8H16N2O4. The highest BCUT2D eigenvalue weighted by Gasteiger charge is 2.22. The topological polar surface area (TPSA) is 104 Å². The minimum atomic E-state index is -0.936. The molecule has 14 heavy (non-hydrogen) atoms. The van der Waals surface area contributed by atoms with Gasteiger partial charge in [-0.2, -0.15) is 0 Å². The number of rotatable bonds is 5. The minimum Gasteiger partial charge on any atom is -0.369 e. The summed E-state index contributed by atoms with van der Waals surface area (Å²) in [5.41, 5.74) is 5.06. The third-order valence-electron chi connectivity index (χ3n) is 1.80. The number of nitrogens with zero attached hydrogens (tertiary/aromatic N) is 1. The van der Waals surface area contributed by atoms with E-state index in [9.17, 15) is 9.59 Å². The number of hydrogen-bond donors (Lipinski definition) is 3. The van der Waals surface area contributed by atoms with E-state index >= 15 is 0 Å². The van der Waals surface area contributed by atoms with E-state index in [1.165, 1.54) is 0 Å². The fourth-order valence-electron chi connectivity index (χ4n) is 1.16. The highest BCUT2D eigenvalue weighted by Crippen LogP contribution is 2.15. The Hall–Kier alpha value is -1.14. The second-order valence-corrected chi connectivity index (χ2v) is 3.62. The third-order valence-corrected chi connectivity index (χ3v) is 1.80. The maximum atomic E-state index is 10.9. The van der Waals surface area contributed by atoms with Crippen LogP contribution in [-0.2, 0) is 9.59 Å². The lowest BCUT2D eigenvalue weighted by Crippen LogP contribution is -2.32. The number of carbonyl (C=O) groups excluding carboxylic acids is 2. The van der Waals surface area contributed by atoms with Crippen LogP contribution in [0.5, 0.6) is 0 Å². The zero-order chi connectivity index (χ0) is 11.3. The van der Waals surface area contributed by atoms with Crippen LogP contribution in [0.4, 0.5) is 0 Å². The van der Waals surface area contributed by atoms with Crippen molar-refractivity contribution < 1.29 is 20.0 Å². The van der Waals surface area contributed by atoms with Crippen molar-refractivity contribution in [3.63, 3.8) is 0 Å². The first-order valence-corrected chi connectivity index (χ1v) is 4.34. The van der Waals surface area contributed by atoms with Crippen LogP contribution in [-0.4, -0.2) is 27.5 Å². The zero-order valence-electron chi connectivity index (χ0n) is 8.30. The van der Waals surface area contributed by atoms with Gasteiger partial charge < -0.3 is 5.73 Å². The predicted molar refractivity (Wildman–Crippen MR) is 47.2 cm³/mol. The summed E-state index contributed by atoms with van der Waals surface area (Å²) in [6.07, 6.45) is 0.176. The molecule has 0 aromatic carbocycles. The molecule has 0 heterocycles. The second-order valence-electron chi connectivity index (χ2n) is 3.62. The lowest BCUT2D eigenvalue weighted by Gasteiger charge is -2.15. The molecule has 0 fully saturated rings. The molecule has 82 valence electrons. The molecule has 0 rings (SSSR count). The molecule has 0 aliphatic heterocycles. The van der Waals surface area contributed by atoms with E-state index in [-0.39, 0.29) is 12.3 Å². The van der Waals surface area contributed by atoms with Crippen molar-refractivity contribution in [2.75, 3.05) is 0 Å². The van der Waals surface area contributed by atoms with Crippen molar-refractivity contribution in [3.05, 3.63) is 0 Å². The Kier molecular flexibility index (Phi) is 5.11. The molecule has 6 heteroatoms. The first kappa shape index (κ1) is 12.9. The van der Waals surface area contributed by atoms with Crippen molar-refractivity contribution in [1.82, 2.24) is 5.23 Å². The second kappa shape index (κ2) is 5.56. The normalized spacial score (nSPS) is 12.6. The lowest BCUT2D eigenvalue weighted by atomic mass is 9.93. The molecule has 0 aromatic rings. The van der Waals surface area contributed by atoms with Crippen molar-refractivity contribution in [2.45, 2.75) is 26.7 Å². The number of amides is 2. The van der Waals surface area contributed by atoms with Crippen LogP contribution in [0.3, 0.4) is 0 Å². The Bertz CT molecular complexity index is 215. The van der Waals surface area contributed by atoms with Gasteiger partial charge in [-0.05, 0) is 12.3 Å². The van der Waals surface area contributed by atoms with E-state index < -0.39 is 23.0 Å². The molecule has 1 atom stereocenters. The first-order valence-electron chi connectivity index (χ1n) is 4.34. The lowest BCUT2D eigenvalue weighted by molar-refractivity contribution is -0.285. The summed E-state index contributed by atoms with van der Waals surface area (Å²) in [5.74, 6) is -1.97. The molecule has 0 aliphatic rings. The highest BCUT2D eigenvalue weighted by atomic mass is 16.8. The number of carbonyl (C=O) groups is 2. The first-order chi connectivity index (χ1) is 6.34. The summed E-state index contributed by atoms with van der Waals surface area (Å²) in [7, 11) is 0. The highest BCUT2D eigenvalue weighted by molar-refractivity contribution is 5.83. The van der Waals surface area contributed by atoms with E-state index in [1.54, 1.807) is 0 Å². The fraction of sp³-hybridized carbons (Fsp3) is 0.750. The van der Waals surface area contributed by atoms with Crippen LogP contribution < -0.4 is 5.73 Å². The van der Waals surface area contributed by atoms with Gasteiger partial charge in [-0.15, -0.1) is 0 Å². The Morgan fingerprint density at radius 2 is 1.86 bits per heavy atom. The number of hydroxylamine groups is 2. The van der Waals surface area contributed by atoms with Crippen LogP contribution >= 0.6 is 0 Å². The maximum Gasteiger partial charge on any atom is 0.273 e. The van der Waals surface area contributed by atoms with Gasteiger partial charge in [0, 0.05) is 12.3 Å². The minimum absolute atomic E-state index is 0.214. The molecule has 0 spiro atoms. The van der Waals surface area contributed by atoms with Crippen LogP contribution in [0.25, 0.3) is 0 Å². The molecule has 2 amide bonds. The number of hydrogen-bond acceptors (Lipinski definition) is 4. The summed E-state index contributed by atoms with van der Waals surface area (Å²) in [6, 6.07) is 0. The van der Waals surface area contributed by atoms with Gasteiger partial charge >= 0.3 is 0 Å². The standard InChI is InChI=1S/C8H16N2O4/c1-5(2)3-6(8(9)12)4-7(11)10(13)14/h5-6,13-14H,3-4H2,1-2H3,(H2,9,12). The summed E-state index contributed by atoms with van der Waals surface area (Å²) in [4.78, 5) is 21.7. The van der Waals surface area contributed by atoms with Crippen molar-refractivity contribution in [3.8, 4) is 0 Å². The van der Waals surface area contributed by atoms with E-state index in [0.717, 1.165) is 0 Å². The van der Waals surface area contributed by atoms with Gasteiger partial charge in [0.25, 0.3) is 5.91 Å². The van der Waals surface area contributed by atoms with Crippen molar-refractivity contribution in [2.24, 2.45) is 17.6 Å². The molecule has 0 saturated carbocycles. The van der Waals surface area contributed by atoms with E-state index in [1.807, 2.05) is 13.8 Å². The maximum absolute atomic E-state index is 10.9. The van der Waals surface area contributed by atoms with Gasteiger partial charge in [-0.3, -0.25) is 20.0 Å². The van der Waals surface area contributed by atoms with Gasteiger partial charge in [0.05, 0.1) is 0 Å². The van der Waals surface area contributed by atoms with Crippen LogP contribution in [0.2, 0.25) is 0 Å². The molecule has 6 nitrogen and oxygen atoms in total. The molecule has 0 aromatic heterocycles. The van der Waals surface area contributed by atoms with Gasteiger partial charge in [0.2, 0.25) is 5.91 Å². The van der Waals surface area contributed by atoms with E-state index in [4.69, 9.17) is 16.1 Å². The smallest absolute Gasteiger partial charge is 0.273 e. The zero-order valence-corrected chi connectivity index (χ0v) is 8.30. The SMILES string of the molecule is CC(C)CC(CC(=O)N(O)O)C(N)=O. The summed E-state index contributed by atoms with van der Waals surface area (Å²) >= 11 is 0. The largest absolute Gasteiger partial charge is 0.369 e. The molecular weight excluding hydrogens is 188 g/mol. The molecule has 0 aliphatic carbocycles. The monoisotopic (exact) mass is 204 g/mol. The number of primary amides is 1. The van der Waals surface area contributed by atoms with Gasteiger partial charge in [0.1, 0.15) is 0 Å². The van der Waals surface area contributed by atoms with Gasteiger partial charge in [0.15, 0.2) is 0 Å². The fourth-order valence-corrected chi connectivity index (χ4v) is 1.16. The van der Waals surface area contributed by atoms with Crippen molar-refractivity contribution >= 4 is 11.8 Å². The Balaban J connectivity index is 4.23. The van der Waals surface area contributed by atoms with Crippen LogP contribution in [0.15, 0.2) is 0 Å². The summed E-state index contributed by atoms with van der Waals surface area (Å²) in [6.45, 7) is 3.77. The van der Waals surface area contributed by atoms with Crippen LogP contribution in [0.1, 0.15) is 26.7 Å². The Morgan fingerprint density at radius 1 is 1.36 bits per heavy atom. The van der Waals surface area contributed by atoms with Gasteiger partial charge in [-0.1, -0.05) is 19.1 Å². The predicted octanol–water partition coefficient (Wildman–Crippen LogP) is 0.131. The summed E-state index contributed by atoms with van der Waals surface area (Å²) in [5, 5.41) is 16.2. The van der Waals surface area contributed by atoms with Crippen LogP contribution in [0, 0.1) is 11.8 Å². The average Bonchev–Trinajstić information content (AvgIpc) is 2.01.